The fourth-order valence-corrected chi connectivity index (χ4v) is 2.66. The molecule has 2 heteroatoms. The second kappa shape index (κ2) is 7.42. The predicted octanol–water partition coefficient (Wildman–Crippen LogP) is 3.29. The second-order valence-electron chi connectivity index (χ2n) is 5.32. The third-order valence-electron chi connectivity index (χ3n) is 3.87. The van der Waals surface area contributed by atoms with Crippen molar-refractivity contribution in [3.63, 3.8) is 0 Å². The van der Waals surface area contributed by atoms with Crippen LogP contribution < -0.4 is 10.2 Å². The molecule has 0 aromatic heterocycles. The third kappa shape index (κ3) is 4.02. The minimum absolute atomic E-state index is 0.887. The molecule has 0 spiro atoms. The van der Waals surface area contributed by atoms with Crippen LogP contribution in [0.1, 0.15) is 32.6 Å². The van der Waals surface area contributed by atoms with Crippen molar-refractivity contribution < 1.29 is 0 Å². The van der Waals surface area contributed by atoms with E-state index in [1.165, 1.54) is 57.5 Å². The molecule has 0 radical (unpaired) electrons. The normalized spacial score (nSPS) is 19.1. The van der Waals surface area contributed by atoms with Crippen molar-refractivity contribution in [1.29, 1.82) is 0 Å². The number of hydrogen-bond acceptors (Lipinski definition) is 2. The molecule has 100 valence electrons. The molecule has 0 aliphatic carbocycles. The van der Waals surface area contributed by atoms with Crippen LogP contribution in [0.4, 0.5) is 5.69 Å². The summed E-state index contributed by atoms with van der Waals surface area (Å²) in [5.74, 6) is 0.887. The van der Waals surface area contributed by atoms with Crippen molar-refractivity contribution in [2.24, 2.45) is 5.92 Å². The van der Waals surface area contributed by atoms with Gasteiger partial charge in [-0.2, -0.15) is 0 Å². The highest BCUT2D eigenvalue weighted by Crippen LogP contribution is 2.18. The number of anilines is 1. The Bertz CT molecular complexity index is 317. The van der Waals surface area contributed by atoms with E-state index >= 15 is 0 Å². The maximum Gasteiger partial charge on any atom is 0.0366 e. The maximum absolute atomic E-state index is 3.46. The van der Waals surface area contributed by atoms with Crippen LogP contribution >= 0.6 is 0 Å². The van der Waals surface area contributed by atoms with Gasteiger partial charge >= 0.3 is 0 Å². The molecular formula is C16H26N2. The largest absolute Gasteiger partial charge is 0.372 e. The monoisotopic (exact) mass is 246 g/mol. The van der Waals surface area contributed by atoms with Crippen molar-refractivity contribution in [2.75, 3.05) is 31.1 Å². The lowest BCUT2D eigenvalue weighted by atomic mass is 10.0. The summed E-state index contributed by atoms with van der Waals surface area (Å²) in [4.78, 5) is 2.56. The standard InChI is InChI=1S/C16H26N2/c1-2-3-12-18(16-7-5-4-6-8-16)13-10-15-9-11-17-14-15/h4-8,15,17H,2-3,9-14H2,1H3. The van der Waals surface area contributed by atoms with E-state index in [-0.39, 0.29) is 0 Å². The van der Waals surface area contributed by atoms with Gasteiger partial charge in [-0.05, 0) is 50.4 Å². The first-order chi connectivity index (χ1) is 8.90. The molecule has 1 aliphatic rings. The van der Waals surface area contributed by atoms with Crippen LogP contribution in [0.15, 0.2) is 30.3 Å². The minimum atomic E-state index is 0.887. The zero-order valence-corrected chi connectivity index (χ0v) is 11.6. The van der Waals surface area contributed by atoms with E-state index in [1.807, 2.05) is 0 Å². The molecule has 18 heavy (non-hydrogen) atoms. The Balaban J connectivity index is 1.87. The second-order valence-corrected chi connectivity index (χ2v) is 5.32. The van der Waals surface area contributed by atoms with Crippen LogP contribution in [0.5, 0.6) is 0 Å². The molecular weight excluding hydrogens is 220 g/mol. The average Bonchev–Trinajstić information content (AvgIpc) is 2.93. The van der Waals surface area contributed by atoms with Crippen LogP contribution in [0, 0.1) is 5.92 Å². The van der Waals surface area contributed by atoms with Gasteiger partial charge in [0.15, 0.2) is 0 Å². The Morgan fingerprint density at radius 3 is 2.72 bits per heavy atom. The lowest BCUT2D eigenvalue weighted by Gasteiger charge is -2.26. The van der Waals surface area contributed by atoms with E-state index in [0.29, 0.717) is 0 Å². The van der Waals surface area contributed by atoms with Crippen LogP contribution in [-0.2, 0) is 0 Å². The van der Waals surface area contributed by atoms with Crippen molar-refractivity contribution in [2.45, 2.75) is 32.6 Å². The Hall–Kier alpha value is -1.02. The van der Waals surface area contributed by atoms with Gasteiger partial charge in [0, 0.05) is 18.8 Å². The summed E-state index contributed by atoms with van der Waals surface area (Å²) in [5.41, 5.74) is 1.39. The van der Waals surface area contributed by atoms with E-state index in [9.17, 15) is 0 Å². The number of para-hydroxylation sites is 1. The van der Waals surface area contributed by atoms with Gasteiger partial charge in [-0.25, -0.2) is 0 Å². The fraction of sp³-hybridized carbons (Fsp3) is 0.625. The van der Waals surface area contributed by atoms with E-state index < -0.39 is 0 Å². The van der Waals surface area contributed by atoms with Gasteiger partial charge in [0.1, 0.15) is 0 Å². The summed E-state index contributed by atoms with van der Waals surface area (Å²) in [7, 11) is 0. The van der Waals surface area contributed by atoms with Crippen molar-refractivity contribution in [1.82, 2.24) is 5.32 Å². The van der Waals surface area contributed by atoms with Crippen molar-refractivity contribution in [3.05, 3.63) is 30.3 Å². The first-order valence-electron chi connectivity index (χ1n) is 7.41. The van der Waals surface area contributed by atoms with Gasteiger partial charge in [-0.1, -0.05) is 31.5 Å². The summed E-state index contributed by atoms with van der Waals surface area (Å²) >= 11 is 0. The van der Waals surface area contributed by atoms with E-state index in [0.717, 1.165) is 5.92 Å². The lowest BCUT2D eigenvalue weighted by molar-refractivity contribution is 0.522. The van der Waals surface area contributed by atoms with Gasteiger partial charge in [0.05, 0.1) is 0 Å². The summed E-state index contributed by atoms with van der Waals surface area (Å²) in [6, 6.07) is 10.9. The molecule has 1 aromatic rings. The number of nitrogens with one attached hydrogen (secondary N) is 1. The molecule has 0 amide bonds. The van der Waals surface area contributed by atoms with E-state index in [2.05, 4.69) is 47.5 Å². The van der Waals surface area contributed by atoms with Crippen LogP contribution in [0.3, 0.4) is 0 Å². The highest BCUT2D eigenvalue weighted by molar-refractivity contribution is 5.45. The highest BCUT2D eigenvalue weighted by atomic mass is 15.1. The van der Waals surface area contributed by atoms with Crippen molar-refractivity contribution >= 4 is 5.69 Å². The number of unbranched alkanes of at least 4 members (excludes halogenated alkanes) is 1. The Kier molecular flexibility index (Phi) is 5.53. The van der Waals surface area contributed by atoms with E-state index in [4.69, 9.17) is 0 Å². The number of nitrogens with zero attached hydrogens (tertiary/aromatic N) is 1. The minimum Gasteiger partial charge on any atom is -0.372 e. The summed E-state index contributed by atoms with van der Waals surface area (Å²) in [5, 5.41) is 3.46. The Morgan fingerprint density at radius 2 is 2.06 bits per heavy atom. The molecule has 0 bridgehead atoms. The molecule has 1 N–H and O–H groups in total. The molecule has 1 heterocycles. The van der Waals surface area contributed by atoms with Gasteiger partial charge in [-0.15, -0.1) is 0 Å². The molecule has 1 fully saturated rings. The van der Waals surface area contributed by atoms with Crippen LogP contribution in [0.25, 0.3) is 0 Å². The van der Waals surface area contributed by atoms with Gasteiger partial charge < -0.3 is 10.2 Å². The average molecular weight is 246 g/mol. The molecule has 1 unspecified atom stereocenters. The quantitative estimate of drug-likeness (QED) is 0.794. The summed E-state index contributed by atoms with van der Waals surface area (Å²) in [6.07, 6.45) is 5.24. The number of hydrogen-bond donors (Lipinski definition) is 1. The fourth-order valence-electron chi connectivity index (χ4n) is 2.66. The first-order valence-corrected chi connectivity index (χ1v) is 7.41. The van der Waals surface area contributed by atoms with Crippen LogP contribution in [-0.4, -0.2) is 26.2 Å². The summed E-state index contributed by atoms with van der Waals surface area (Å²) < 4.78 is 0. The zero-order valence-electron chi connectivity index (χ0n) is 11.6. The van der Waals surface area contributed by atoms with E-state index in [1.54, 1.807) is 0 Å². The van der Waals surface area contributed by atoms with Gasteiger partial charge in [0.25, 0.3) is 0 Å². The highest BCUT2D eigenvalue weighted by Gasteiger charge is 2.15. The SMILES string of the molecule is CCCCN(CCC1CCNC1)c1ccccc1. The van der Waals surface area contributed by atoms with Crippen LogP contribution in [0.2, 0.25) is 0 Å². The number of benzene rings is 1. The third-order valence-corrected chi connectivity index (χ3v) is 3.87. The molecule has 2 rings (SSSR count). The van der Waals surface area contributed by atoms with Gasteiger partial charge in [-0.3, -0.25) is 0 Å². The molecule has 2 nitrogen and oxygen atoms in total. The zero-order chi connectivity index (χ0) is 12.6. The molecule has 1 saturated heterocycles. The Labute approximate surface area is 111 Å². The number of rotatable bonds is 7. The van der Waals surface area contributed by atoms with Gasteiger partial charge in [0.2, 0.25) is 0 Å². The maximum atomic E-state index is 3.46. The molecule has 1 aromatic carbocycles. The predicted molar refractivity (Wildman–Crippen MR) is 79.2 cm³/mol. The summed E-state index contributed by atoms with van der Waals surface area (Å²) in [6.45, 7) is 7.10. The lowest BCUT2D eigenvalue weighted by Crippen LogP contribution is -2.27. The molecule has 1 atom stereocenters. The first kappa shape index (κ1) is 13.4. The topological polar surface area (TPSA) is 15.3 Å². The Morgan fingerprint density at radius 1 is 1.22 bits per heavy atom. The molecule has 0 saturated carbocycles. The molecule has 1 aliphatic heterocycles. The smallest absolute Gasteiger partial charge is 0.0366 e. The van der Waals surface area contributed by atoms with Crippen molar-refractivity contribution in [3.8, 4) is 0 Å².